The predicted octanol–water partition coefficient (Wildman–Crippen LogP) is 1.77. The zero-order chi connectivity index (χ0) is 11.8. The molecule has 0 radical (unpaired) electrons. The molecule has 0 fully saturated rings. The summed E-state index contributed by atoms with van der Waals surface area (Å²) in [4.78, 5) is 9.32. The first-order chi connectivity index (χ1) is 7.54. The summed E-state index contributed by atoms with van der Waals surface area (Å²) in [7, 11) is 1.98. The third-order valence-corrected chi connectivity index (χ3v) is 3.09. The molecule has 0 saturated carbocycles. The number of nitrogens with one attached hydrogen (secondary N) is 1. The summed E-state index contributed by atoms with van der Waals surface area (Å²) in [5.41, 5.74) is 2.76. The summed E-state index contributed by atoms with van der Waals surface area (Å²) >= 11 is 0. The molecule has 86 valence electrons. The fourth-order valence-electron chi connectivity index (χ4n) is 1.59. The number of aromatic nitrogens is 2. The molecule has 4 nitrogen and oxygen atoms in total. The van der Waals surface area contributed by atoms with Crippen molar-refractivity contribution in [3.63, 3.8) is 0 Å². The first-order valence-electron chi connectivity index (χ1n) is 5.32. The van der Waals surface area contributed by atoms with Crippen molar-refractivity contribution in [1.82, 2.24) is 9.97 Å². The van der Waals surface area contributed by atoms with Gasteiger partial charge in [-0.1, -0.05) is 0 Å². The third-order valence-electron chi connectivity index (χ3n) is 3.09. The Morgan fingerprint density at radius 2 is 2.19 bits per heavy atom. The highest BCUT2D eigenvalue weighted by Gasteiger charge is 2.22. The maximum atomic E-state index is 9.34. The normalized spacial score (nSPS) is 12.0. The van der Waals surface area contributed by atoms with Gasteiger partial charge in [0.1, 0.15) is 0 Å². The number of anilines is 1. The molecule has 4 heteroatoms. The zero-order valence-electron chi connectivity index (χ0n) is 9.86. The van der Waals surface area contributed by atoms with Gasteiger partial charge in [0.15, 0.2) is 0 Å². The summed E-state index contributed by atoms with van der Waals surface area (Å²) in [5.74, 6) is 0. The molecule has 1 heterocycles. The third kappa shape index (κ3) is 1.76. The number of hydrogen-bond donors (Lipinski definition) is 2. The molecule has 0 amide bonds. The number of aromatic amines is 1. The van der Waals surface area contributed by atoms with Gasteiger partial charge in [0, 0.05) is 12.7 Å². The molecule has 0 aliphatic carbocycles. The Kier molecular flexibility index (Phi) is 2.59. The van der Waals surface area contributed by atoms with Crippen molar-refractivity contribution in [2.75, 3.05) is 18.6 Å². The van der Waals surface area contributed by atoms with Crippen LogP contribution < -0.4 is 4.90 Å². The first-order valence-corrected chi connectivity index (χ1v) is 5.32. The van der Waals surface area contributed by atoms with Gasteiger partial charge in [0.25, 0.3) is 0 Å². The Labute approximate surface area is 94.9 Å². The van der Waals surface area contributed by atoms with E-state index in [1.807, 2.05) is 39.1 Å². The van der Waals surface area contributed by atoms with Gasteiger partial charge in [0.05, 0.1) is 29.5 Å². The van der Waals surface area contributed by atoms with Gasteiger partial charge in [-0.15, -0.1) is 0 Å². The van der Waals surface area contributed by atoms with Gasteiger partial charge < -0.3 is 15.0 Å². The van der Waals surface area contributed by atoms with E-state index in [1.165, 1.54) is 0 Å². The Hall–Kier alpha value is -1.55. The lowest BCUT2D eigenvalue weighted by atomic mass is 10.0. The lowest BCUT2D eigenvalue weighted by molar-refractivity contribution is 0.216. The second-order valence-corrected chi connectivity index (χ2v) is 4.63. The van der Waals surface area contributed by atoms with Crippen molar-refractivity contribution in [2.24, 2.45) is 0 Å². The molecule has 1 aromatic heterocycles. The number of benzene rings is 1. The van der Waals surface area contributed by atoms with E-state index < -0.39 is 0 Å². The Morgan fingerprint density at radius 1 is 1.44 bits per heavy atom. The van der Waals surface area contributed by atoms with Crippen molar-refractivity contribution in [3.05, 3.63) is 24.5 Å². The summed E-state index contributed by atoms with van der Waals surface area (Å²) in [5, 5.41) is 9.34. The van der Waals surface area contributed by atoms with Crippen LogP contribution in [-0.4, -0.2) is 34.3 Å². The average Bonchev–Trinajstić information content (AvgIpc) is 2.74. The molecule has 2 rings (SSSR count). The van der Waals surface area contributed by atoms with E-state index in [0.717, 1.165) is 16.7 Å². The van der Waals surface area contributed by atoms with E-state index >= 15 is 0 Å². The second kappa shape index (κ2) is 3.79. The molecule has 0 unspecified atom stereocenters. The summed E-state index contributed by atoms with van der Waals surface area (Å²) < 4.78 is 0. The van der Waals surface area contributed by atoms with Crippen LogP contribution in [0.25, 0.3) is 11.0 Å². The minimum atomic E-state index is -0.270. The number of imidazole rings is 1. The fourth-order valence-corrected chi connectivity index (χ4v) is 1.59. The molecule has 0 atom stereocenters. The number of nitrogens with zero attached hydrogens (tertiary/aromatic N) is 2. The lowest BCUT2D eigenvalue weighted by Gasteiger charge is -2.35. The summed E-state index contributed by atoms with van der Waals surface area (Å²) in [6.45, 7) is 4.12. The second-order valence-electron chi connectivity index (χ2n) is 4.63. The lowest BCUT2D eigenvalue weighted by Crippen LogP contribution is -2.44. The van der Waals surface area contributed by atoms with Crippen molar-refractivity contribution < 1.29 is 5.11 Å². The standard InChI is InChI=1S/C12H17N3O/c1-12(2,7-16)15(3)9-4-5-10-11(6-9)14-8-13-10/h4-6,8,16H,7H2,1-3H3,(H,13,14). The zero-order valence-corrected chi connectivity index (χ0v) is 9.86. The van der Waals surface area contributed by atoms with Gasteiger partial charge in [0.2, 0.25) is 0 Å². The van der Waals surface area contributed by atoms with Crippen LogP contribution in [0.4, 0.5) is 5.69 Å². The van der Waals surface area contributed by atoms with Crippen LogP contribution in [0.2, 0.25) is 0 Å². The maximum absolute atomic E-state index is 9.34. The van der Waals surface area contributed by atoms with Crippen LogP contribution in [0.1, 0.15) is 13.8 Å². The number of H-pyrrole nitrogens is 1. The van der Waals surface area contributed by atoms with Crippen molar-refractivity contribution in [2.45, 2.75) is 19.4 Å². The highest BCUT2D eigenvalue weighted by Crippen LogP contribution is 2.24. The maximum Gasteiger partial charge on any atom is 0.0931 e. The number of fused-ring (bicyclic) bond motifs is 1. The highest BCUT2D eigenvalue weighted by atomic mass is 16.3. The average molecular weight is 219 g/mol. The monoisotopic (exact) mass is 219 g/mol. The first kappa shape index (κ1) is 11.0. The van der Waals surface area contributed by atoms with Crippen molar-refractivity contribution >= 4 is 16.7 Å². The Balaban J connectivity index is 2.39. The number of aliphatic hydroxyl groups is 1. The van der Waals surface area contributed by atoms with Crippen LogP contribution in [0.3, 0.4) is 0 Å². The molecule has 16 heavy (non-hydrogen) atoms. The van der Waals surface area contributed by atoms with Gasteiger partial charge in [-0.25, -0.2) is 4.98 Å². The highest BCUT2D eigenvalue weighted by molar-refractivity contribution is 5.79. The molecule has 0 spiro atoms. The molecule has 1 aromatic carbocycles. The van der Waals surface area contributed by atoms with Gasteiger partial charge in [-0.05, 0) is 32.0 Å². The van der Waals surface area contributed by atoms with Crippen molar-refractivity contribution in [1.29, 1.82) is 0 Å². The van der Waals surface area contributed by atoms with Crippen LogP contribution in [0.15, 0.2) is 24.5 Å². The molecule has 0 saturated heterocycles. The molecule has 2 N–H and O–H groups in total. The van der Waals surface area contributed by atoms with Gasteiger partial charge in [-0.2, -0.15) is 0 Å². The van der Waals surface area contributed by atoms with E-state index in [4.69, 9.17) is 0 Å². The summed E-state index contributed by atoms with van der Waals surface area (Å²) in [6, 6.07) is 6.03. The molecular formula is C12H17N3O. The minimum absolute atomic E-state index is 0.116. The molecule has 0 aliphatic rings. The topological polar surface area (TPSA) is 52.2 Å². The Bertz CT molecular complexity index is 490. The fraction of sp³-hybridized carbons (Fsp3) is 0.417. The smallest absolute Gasteiger partial charge is 0.0931 e. The number of aliphatic hydroxyl groups excluding tert-OH is 1. The van der Waals surface area contributed by atoms with Crippen LogP contribution in [-0.2, 0) is 0 Å². The minimum Gasteiger partial charge on any atom is -0.394 e. The number of likely N-dealkylation sites (N-methyl/N-ethyl adjacent to an activating group) is 1. The van der Waals surface area contributed by atoms with E-state index in [9.17, 15) is 5.11 Å². The van der Waals surface area contributed by atoms with E-state index in [0.29, 0.717) is 0 Å². The number of rotatable bonds is 3. The predicted molar refractivity (Wildman–Crippen MR) is 65.7 cm³/mol. The van der Waals surface area contributed by atoms with Crippen LogP contribution in [0.5, 0.6) is 0 Å². The van der Waals surface area contributed by atoms with E-state index in [1.54, 1.807) is 6.33 Å². The van der Waals surface area contributed by atoms with Crippen molar-refractivity contribution in [3.8, 4) is 0 Å². The molecule has 0 aliphatic heterocycles. The molecular weight excluding hydrogens is 202 g/mol. The Morgan fingerprint density at radius 3 is 2.88 bits per heavy atom. The van der Waals surface area contributed by atoms with E-state index in [2.05, 4.69) is 14.9 Å². The van der Waals surface area contributed by atoms with Gasteiger partial charge in [-0.3, -0.25) is 0 Å². The molecule has 0 bridgehead atoms. The SMILES string of the molecule is CN(c1ccc2nc[nH]c2c1)C(C)(C)CO. The number of hydrogen-bond acceptors (Lipinski definition) is 3. The quantitative estimate of drug-likeness (QED) is 0.827. The van der Waals surface area contributed by atoms with Crippen LogP contribution in [0, 0.1) is 0 Å². The molecule has 2 aromatic rings. The van der Waals surface area contributed by atoms with E-state index in [-0.39, 0.29) is 12.1 Å². The van der Waals surface area contributed by atoms with Gasteiger partial charge >= 0.3 is 0 Å². The summed E-state index contributed by atoms with van der Waals surface area (Å²) in [6.07, 6.45) is 1.69. The van der Waals surface area contributed by atoms with Crippen LogP contribution >= 0.6 is 0 Å². The largest absolute Gasteiger partial charge is 0.394 e.